The molecule has 22 heavy (non-hydrogen) atoms. The normalized spacial score (nSPS) is 16.6. The Bertz CT molecular complexity index is 776. The summed E-state index contributed by atoms with van der Waals surface area (Å²) in [5.74, 6) is 1.31. The van der Waals surface area contributed by atoms with Crippen LogP contribution in [0.3, 0.4) is 0 Å². The first-order valence-corrected chi connectivity index (χ1v) is 9.55. The van der Waals surface area contributed by atoms with Crippen LogP contribution >= 0.6 is 0 Å². The van der Waals surface area contributed by atoms with Crippen LogP contribution in [0, 0.1) is 5.41 Å². The van der Waals surface area contributed by atoms with Gasteiger partial charge in [-0.05, 0) is 30.2 Å². The number of hydrogen-bond donors (Lipinski definition) is 0. The molecule has 0 amide bonds. The highest BCUT2D eigenvalue weighted by Crippen LogP contribution is 2.49. The van der Waals surface area contributed by atoms with Gasteiger partial charge in [0.1, 0.15) is 9.84 Å². The Morgan fingerprint density at radius 1 is 1.27 bits per heavy atom. The Morgan fingerprint density at radius 3 is 2.64 bits per heavy atom. The van der Waals surface area contributed by atoms with E-state index in [2.05, 4.69) is 23.1 Å². The van der Waals surface area contributed by atoms with Crippen molar-refractivity contribution in [1.29, 1.82) is 0 Å². The molecule has 3 rings (SSSR count). The van der Waals surface area contributed by atoms with Gasteiger partial charge < -0.3 is 4.52 Å². The van der Waals surface area contributed by atoms with E-state index in [-0.39, 0.29) is 11.2 Å². The molecule has 0 unspecified atom stereocenters. The van der Waals surface area contributed by atoms with Crippen LogP contribution in [-0.4, -0.2) is 30.6 Å². The first-order chi connectivity index (χ1) is 10.4. The zero-order chi connectivity index (χ0) is 15.8. The van der Waals surface area contributed by atoms with Crippen LogP contribution in [0.25, 0.3) is 11.4 Å². The Balaban J connectivity index is 1.80. The minimum atomic E-state index is -2.99. The summed E-state index contributed by atoms with van der Waals surface area (Å²) in [5, 5.41) is 4.07. The Morgan fingerprint density at radius 2 is 2.00 bits per heavy atom. The second kappa shape index (κ2) is 5.50. The molecule has 0 saturated heterocycles. The van der Waals surface area contributed by atoms with Gasteiger partial charge >= 0.3 is 0 Å². The maximum absolute atomic E-state index is 11.5. The third-order valence-electron chi connectivity index (χ3n) is 4.16. The quantitative estimate of drug-likeness (QED) is 0.818. The average molecular weight is 320 g/mol. The standard InChI is InChI=1S/C16H20N2O3S/c1-3-12-6-4-5-7-13(12)15-17-14(21-18-15)10-16(8-9-16)11-22(2,19)20/h4-7H,3,8-11H2,1-2H3. The maximum Gasteiger partial charge on any atom is 0.227 e. The molecule has 118 valence electrons. The fraction of sp³-hybridized carbons (Fsp3) is 0.500. The van der Waals surface area contributed by atoms with Crippen molar-refractivity contribution >= 4 is 9.84 Å². The summed E-state index contributed by atoms with van der Waals surface area (Å²) >= 11 is 0. The first-order valence-electron chi connectivity index (χ1n) is 7.49. The maximum atomic E-state index is 11.5. The van der Waals surface area contributed by atoms with E-state index in [1.54, 1.807) is 0 Å². The van der Waals surface area contributed by atoms with E-state index < -0.39 is 9.84 Å². The molecule has 1 aromatic carbocycles. The number of sulfone groups is 1. The molecule has 0 N–H and O–H groups in total. The second-order valence-corrected chi connectivity index (χ2v) is 8.41. The lowest BCUT2D eigenvalue weighted by atomic mass is 10.0. The lowest BCUT2D eigenvalue weighted by molar-refractivity contribution is 0.353. The molecule has 1 heterocycles. The highest BCUT2D eigenvalue weighted by Gasteiger charge is 2.46. The van der Waals surface area contributed by atoms with Crippen LogP contribution < -0.4 is 0 Å². The number of nitrogens with zero attached hydrogens (tertiary/aromatic N) is 2. The number of aromatic nitrogens is 2. The SMILES string of the molecule is CCc1ccccc1-c1noc(CC2(CS(C)(=O)=O)CC2)n1. The molecule has 6 heteroatoms. The fourth-order valence-corrected chi connectivity index (χ4v) is 4.41. The highest BCUT2D eigenvalue weighted by atomic mass is 32.2. The average Bonchev–Trinajstić information content (AvgIpc) is 3.02. The Hall–Kier alpha value is -1.69. The molecule has 1 aliphatic rings. The van der Waals surface area contributed by atoms with Crippen LogP contribution in [-0.2, 0) is 22.7 Å². The molecule has 1 saturated carbocycles. The van der Waals surface area contributed by atoms with Crippen LogP contribution in [0.1, 0.15) is 31.2 Å². The van der Waals surface area contributed by atoms with E-state index >= 15 is 0 Å². The summed E-state index contributed by atoms with van der Waals surface area (Å²) in [6.45, 7) is 2.09. The van der Waals surface area contributed by atoms with Crippen molar-refractivity contribution in [3.05, 3.63) is 35.7 Å². The molecule has 2 aromatic rings. The molecule has 0 bridgehead atoms. The van der Waals surface area contributed by atoms with Gasteiger partial charge in [-0.15, -0.1) is 0 Å². The van der Waals surface area contributed by atoms with Gasteiger partial charge in [0.05, 0.1) is 5.75 Å². The third-order valence-corrected chi connectivity index (χ3v) is 5.30. The number of aryl methyl sites for hydroxylation is 1. The molecule has 0 spiro atoms. The molecule has 5 nitrogen and oxygen atoms in total. The van der Waals surface area contributed by atoms with Crippen molar-refractivity contribution in [3.8, 4) is 11.4 Å². The summed E-state index contributed by atoms with van der Waals surface area (Å²) in [5.41, 5.74) is 1.96. The zero-order valence-corrected chi connectivity index (χ0v) is 13.7. The van der Waals surface area contributed by atoms with Gasteiger partial charge in [-0.25, -0.2) is 8.42 Å². The zero-order valence-electron chi connectivity index (χ0n) is 12.9. The van der Waals surface area contributed by atoms with Crippen molar-refractivity contribution in [1.82, 2.24) is 10.1 Å². The molecular formula is C16H20N2O3S. The number of rotatable bonds is 6. The summed E-state index contributed by atoms with van der Waals surface area (Å²) in [6, 6.07) is 7.99. The van der Waals surface area contributed by atoms with Crippen molar-refractivity contribution < 1.29 is 12.9 Å². The Kier molecular flexibility index (Phi) is 3.80. The van der Waals surface area contributed by atoms with Gasteiger partial charge in [0.2, 0.25) is 11.7 Å². The van der Waals surface area contributed by atoms with Crippen molar-refractivity contribution in [2.24, 2.45) is 5.41 Å². The summed E-state index contributed by atoms with van der Waals surface area (Å²) < 4.78 is 28.4. The van der Waals surface area contributed by atoms with Crippen LogP contribution in [0.15, 0.2) is 28.8 Å². The molecular weight excluding hydrogens is 300 g/mol. The summed E-state index contributed by atoms with van der Waals surface area (Å²) in [7, 11) is -2.99. The molecule has 1 aliphatic carbocycles. The smallest absolute Gasteiger partial charge is 0.227 e. The van der Waals surface area contributed by atoms with Crippen molar-refractivity contribution in [2.75, 3.05) is 12.0 Å². The van der Waals surface area contributed by atoms with Crippen molar-refractivity contribution in [3.63, 3.8) is 0 Å². The van der Waals surface area contributed by atoms with Crippen LogP contribution in [0.2, 0.25) is 0 Å². The van der Waals surface area contributed by atoms with Gasteiger partial charge in [0.15, 0.2) is 0 Å². The minimum Gasteiger partial charge on any atom is -0.339 e. The third kappa shape index (κ3) is 3.38. The largest absolute Gasteiger partial charge is 0.339 e. The van der Waals surface area contributed by atoms with E-state index in [0.29, 0.717) is 18.1 Å². The lowest BCUT2D eigenvalue weighted by Gasteiger charge is -2.10. The first kappa shape index (κ1) is 15.2. The predicted molar refractivity (Wildman–Crippen MR) is 84.2 cm³/mol. The lowest BCUT2D eigenvalue weighted by Crippen LogP contribution is -2.18. The molecule has 1 aromatic heterocycles. The van der Waals surface area contributed by atoms with E-state index in [9.17, 15) is 8.42 Å². The monoisotopic (exact) mass is 320 g/mol. The number of hydrogen-bond acceptors (Lipinski definition) is 5. The van der Waals surface area contributed by atoms with Gasteiger partial charge in [-0.3, -0.25) is 0 Å². The predicted octanol–water partition coefficient (Wildman–Crippen LogP) is 2.67. The minimum absolute atomic E-state index is 0.193. The van der Waals surface area contributed by atoms with E-state index in [1.165, 1.54) is 11.8 Å². The second-order valence-electron chi connectivity index (χ2n) is 6.27. The highest BCUT2D eigenvalue weighted by molar-refractivity contribution is 7.90. The summed E-state index contributed by atoms with van der Waals surface area (Å²) in [4.78, 5) is 4.47. The molecule has 0 aliphatic heterocycles. The van der Waals surface area contributed by atoms with Crippen molar-refractivity contribution in [2.45, 2.75) is 32.6 Å². The van der Waals surface area contributed by atoms with Gasteiger partial charge in [-0.2, -0.15) is 4.98 Å². The van der Waals surface area contributed by atoms with E-state index in [1.807, 2.05) is 18.2 Å². The van der Waals surface area contributed by atoms with Gasteiger partial charge in [-0.1, -0.05) is 36.3 Å². The number of benzene rings is 1. The Labute approximate surface area is 130 Å². The van der Waals surface area contributed by atoms with E-state index in [4.69, 9.17) is 4.52 Å². The summed E-state index contributed by atoms with van der Waals surface area (Å²) in [6.07, 6.45) is 4.54. The van der Waals surface area contributed by atoms with Gasteiger partial charge in [0, 0.05) is 18.2 Å². The van der Waals surface area contributed by atoms with Crippen LogP contribution in [0.5, 0.6) is 0 Å². The van der Waals surface area contributed by atoms with Gasteiger partial charge in [0.25, 0.3) is 0 Å². The topological polar surface area (TPSA) is 73.1 Å². The molecule has 0 atom stereocenters. The fourth-order valence-electron chi connectivity index (χ4n) is 2.91. The van der Waals surface area contributed by atoms with Crippen LogP contribution in [0.4, 0.5) is 0 Å². The molecule has 0 radical (unpaired) electrons. The molecule has 1 fully saturated rings. The van der Waals surface area contributed by atoms with E-state index in [0.717, 1.165) is 24.8 Å².